The number of benzene rings is 2. The molecule has 150 valence electrons. The summed E-state index contributed by atoms with van der Waals surface area (Å²) < 4.78 is 27.7. The fourth-order valence-electron chi connectivity index (χ4n) is 3.98. The van der Waals surface area contributed by atoms with Gasteiger partial charge in [-0.15, -0.1) is 0 Å². The molecular weight excluding hydrogens is 384 g/mol. The van der Waals surface area contributed by atoms with E-state index in [-0.39, 0.29) is 21.3 Å². The molecule has 2 heterocycles. The Morgan fingerprint density at radius 3 is 2.34 bits per heavy atom. The van der Waals surface area contributed by atoms with Gasteiger partial charge in [-0.3, -0.25) is 9.78 Å². The molecule has 0 atom stereocenters. The summed E-state index contributed by atoms with van der Waals surface area (Å²) in [6.07, 6.45) is 3.29. The third-order valence-corrected chi connectivity index (χ3v) is 7.70. The number of aromatic nitrogens is 1. The first kappa shape index (κ1) is 19.6. The largest absolute Gasteiger partial charge is 0.339 e. The van der Waals surface area contributed by atoms with E-state index in [1.165, 1.54) is 6.20 Å². The number of rotatable bonds is 3. The Kier molecular flexibility index (Phi) is 4.90. The van der Waals surface area contributed by atoms with E-state index in [1.807, 2.05) is 26.0 Å². The Morgan fingerprint density at radius 1 is 0.966 bits per heavy atom. The Hall–Kier alpha value is -2.73. The monoisotopic (exact) mass is 408 g/mol. The van der Waals surface area contributed by atoms with Crippen LogP contribution in [0, 0.1) is 20.8 Å². The molecule has 29 heavy (non-hydrogen) atoms. The molecule has 0 spiro atoms. The lowest BCUT2D eigenvalue weighted by atomic mass is 10.1. The van der Waals surface area contributed by atoms with E-state index in [2.05, 4.69) is 4.98 Å². The minimum atomic E-state index is -3.93. The minimum absolute atomic E-state index is 0.0614. The van der Waals surface area contributed by atoms with Gasteiger partial charge >= 0.3 is 0 Å². The fourth-order valence-corrected chi connectivity index (χ4v) is 5.91. The number of fused-ring (bicyclic) bond motifs is 1. The molecule has 0 radical (unpaired) electrons. The zero-order chi connectivity index (χ0) is 20.8. The average Bonchev–Trinajstić information content (AvgIpc) is 3.24. The minimum Gasteiger partial charge on any atom is -0.339 e. The van der Waals surface area contributed by atoms with Gasteiger partial charge in [-0.05, 0) is 62.4 Å². The van der Waals surface area contributed by atoms with Gasteiger partial charge in [0.1, 0.15) is 0 Å². The summed E-state index contributed by atoms with van der Waals surface area (Å²) in [6, 6.07) is 10.7. The molecule has 0 N–H and O–H groups in total. The van der Waals surface area contributed by atoms with Gasteiger partial charge in [-0.2, -0.15) is 0 Å². The number of nitrogens with zero attached hydrogens (tertiary/aromatic N) is 2. The van der Waals surface area contributed by atoms with E-state index in [1.54, 1.807) is 36.1 Å². The summed E-state index contributed by atoms with van der Waals surface area (Å²) in [7, 11) is -3.93. The van der Waals surface area contributed by atoms with Gasteiger partial charge in [-0.1, -0.05) is 24.3 Å². The number of hydrogen-bond donors (Lipinski definition) is 0. The molecule has 3 aromatic rings. The van der Waals surface area contributed by atoms with Crippen LogP contribution < -0.4 is 0 Å². The van der Waals surface area contributed by atoms with E-state index in [0.717, 1.165) is 24.0 Å². The van der Waals surface area contributed by atoms with Gasteiger partial charge in [0, 0.05) is 24.7 Å². The smallest absolute Gasteiger partial charge is 0.256 e. The molecule has 1 amide bonds. The highest BCUT2D eigenvalue weighted by atomic mass is 32.2. The van der Waals surface area contributed by atoms with Crippen molar-refractivity contribution >= 4 is 26.6 Å². The second-order valence-electron chi connectivity index (χ2n) is 7.72. The maximum Gasteiger partial charge on any atom is 0.256 e. The molecule has 5 nitrogen and oxygen atoms in total. The summed E-state index contributed by atoms with van der Waals surface area (Å²) in [5.74, 6) is -0.263. The first-order chi connectivity index (χ1) is 13.8. The van der Waals surface area contributed by atoms with Crippen LogP contribution in [-0.4, -0.2) is 37.3 Å². The number of pyridine rings is 1. The Bertz CT molecular complexity index is 1230. The molecule has 2 aromatic carbocycles. The van der Waals surface area contributed by atoms with Crippen LogP contribution in [0.25, 0.3) is 10.9 Å². The first-order valence-corrected chi connectivity index (χ1v) is 11.3. The first-order valence-electron chi connectivity index (χ1n) is 9.80. The van der Waals surface area contributed by atoms with E-state index in [0.29, 0.717) is 29.6 Å². The second-order valence-corrected chi connectivity index (χ2v) is 9.58. The lowest BCUT2D eigenvalue weighted by Crippen LogP contribution is -2.29. The Morgan fingerprint density at radius 2 is 1.62 bits per heavy atom. The van der Waals surface area contributed by atoms with Crippen LogP contribution in [-0.2, 0) is 9.84 Å². The summed E-state index contributed by atoms with van der Waals surface area (Å²) in [5.41, 5.74) is 3.33. The Balaban J connectivity index is 2.02. The Labute approximate surface area is 171 Å². The lowest BCUT2D eigenvalue weighted by Gasteiger charge is -2.19. The van der Waals surface area contributed by atoms with Crippen molar-refractivity contribution in [1.82, 2.24) is 9.88 Å². The highest BCUT2D eigenvalue weighted by molar-refractivity contribution is 7.91. The molecular formula is C23H24N2O3S. The van der Waals surface area contributed by atoms with Crippen LogP contribution in [0.2, 0.25) is 0 Å². The number of amides is 1. The summed E-state index contributed by atoms with van der Waals surface area (Å²) in [4.78, 5) is 19.6. The van der Waals surface area contributed by atoms with Gasteiger partial charge in [0.05, 0.1) is 20.9 Å². The van der Waals surface area contributed by atoms with E-state index >= 15 is 0 Å². The van der Waals surface area contributed by atoms with Crippen LogP contribution in [0.15, 0.2) is 52.4 Å². The fraction of sp³-hybridized carbons (Fsp3) is 0.304. The van der Waals surface area contributed by atoms with Crippen LogP contribution >= 0.6 is 0 Å². The van der Waals surface area contributed by atoms with Crippen molar-refractivity contribution in [2.45, 2.75) is 43.4 Å². The highest BCUT2D eigenvalue weighted by Crippen LogP contribution is 2.34. The van der Waals surface area contributed by atoms with Crippen molar-refractivity contribution in [2.75, 3.05) is 13.1 Å². The predicted molar refractivity (Wildman–Crippen MR) is 113 cm³/mol. The number of likely N-dealkylation sites (tertiary alicyclic amines) is 1. The summed E-state index contributed by atoms with van der Waals surface area (Å²) >= 11 is 0. The number of carbonyl (C=O) groups is 1. The molecule has 1 aliphatic heterocycles. The van der Waals surface area contributed by atoms with Crippen LogP contribution in [0.1, 0.15) is 39.9 Å². The molecule has 1 fully saturated rings. The van der Waals surface area contributed by atoms with E-state index in [4.69, 9.17) is 0 Å². The van der Waals surface area contributed by atoms with Crippen molar-refractivity contribution in [3.05, 3.63) is 64.8 Å². The quantitative estimate of drug-likeness (QED) is 0.650. The maximum atomic E-state index is 13.9. The third-order valence-electron chi connectivity index (χ3n) is 5.70. The van der Waals surface area contributed by atoms with Gasteiger partial charge in [0.15, 0.2) is 0 Å². The van der Waals surface area contributed by atoms with Crippen molar-refractivity contribution in [2.24, 2.45) is 0 Å². The average molecular weight is 409 g/mol. The zero-order valence-corrected chi connectivity index (χ0v) is 17.7. The van der Waals surface area contributed by atoms with E-state index in [9.17, 15) is 13.2 Å². The summed E-state index contributed by atoms with van der Waals surface area (Å²) in [6.45, 7) is 6.95. The maximum absolute atomic E-state index is 13.9. The van der Waals surface area contributed by atoms with Crippen molar-refractivity contribution in [3.63, 3.8) is 0 Å². The number of para-hydroxylation sites is 1. The lowest BCUT2D eigenvalue weighted by molar-refractivity contribution is 0.0789. The molecule has 1 aliphatic rings. The third kappa shape index (κ3) is 3.31. The standard InChI is InChI=1S/C23H24N2O3S/c1-15-12-17(3)21(13-16(15)2)29(27,28)22-18-8-4-5-9-20(18)24-14-19(22)23(26)25-10-6-7-11-25/h4-5,8-9,12-14H,6-7,10-11H2,1-3H3. The highest BCUT2D eigenvalue weighted by Gasteiger charge is 2.31. The van der Waals surface area contributed by atoms with Gasteiger partial charge in [0.25, 0.3) is 5.91 Å². The van der Waals surface area contributed by atoms with Crippen LogP contribution in [0.5, 0.6) is 0 Å². The zero-order valence-electron chi connectivity index (χ0n) is 16.9. The van der Waals surface area contributed by atoms with Crippen LogP contribution in [0.4, 0.5) is 0 Å². The van der Waals surface area contributed by atoms with Gasteiger partial charge in [0.2, 0.25) is 9.84 Å². The van der Waals surface area contributed by atoms with E-state index < -0.39 is 9.84 Å². The molecule has 0 bridgehead atoms. The molecule has 0 unspecified atom stereocenters. The molecule has 0 aliphatic carbocycles. The van der Waals surface area contributed by atoms with Crippen molar-refractivity contribution < 1.29 is 13.2 Å². The number of hydrogen-bond acceptors (Lipinski definition) is 4. The van der Waals surface area contributed by atoms with Gasteiger partial charge in [-0.25, -0.2) is 8.42 Å². The normalized spacial score (nSPS) is 14.5. The molecule has 4 rings (SSSR count). The van der Waals surface area contributed by atoms with Crippen molar-refractivity contribution in [1.29, 1.82) is 0 Å². The van der Waals surface area contributed by atoms with Gasteiger partial charge < -0.3 is 4.90 Å². The molecule has 6 heteroatoms. The molecule has 0 saturated carbocycles. The van der Waals surface area contributed by atoms with Crippen LogP contribution in [0.3, 0.4) is 0 Å². The molecule has 1 saturated heterocycles. The SMILES string of the molecule is Cc1cc(C)c(S(=O)(=O)c2c(C(=O)N3CCCC3)cnc3ccccc23)cc1C. The second kappa shape index (κ2) is 7.26. The number of carbonyl (C=O) groups excluding carboxylic acids is 1. The molecule has 1 aromatic heterocycles. The number of aryl methyl sites for hydroxylation is 3. The topological polar surface area (TPSA) is 67.3 Å². The number of sulfone groups is 1. The van der Waals surface area contributed by atoms with Crippen molar-refractivity contribution in [3.8, 4) is 0 Å². The summed E-state index contributed by atoms with van der Waals surface area (Å²) in [5, 5.41) is 0.482. The predicted octanol–water partition coefficient (Wildman–Crippen LogP) is 4.23.